The predicted molar refractivity (Wildman–Crippen MR) is 76.3 cm³/mol. The molecule has 1 saturated carbocycles. The van der Waals surface area contributed by atoms with Gasteiger partial charge in [-0.2, -0.15) is 0 Å². The molecule has 0 radical (unpaired) electrons. The quantitative estimate of drug-likeness (QED) is 0.852. The molecular formula is C15H24N4O. The van der Waals surface area contributed by atoms with Gasteiger partial charge in [-0.1, -0.05) is 26.2 Å². The maximum Gasteiger partial charge on any atom is 0.245 e. The average Bonchev–Trinajstić information content (AvgIpc) is 2.89. The van der Waals surface area contributed by atoms with Crippen LogP contribution in [0, 0.1) is 0 Å². The van der Waals surface area contributed by atoms with Gasteiger partial charge >= 0.3 is 0 Å². The minimum absolute atomic E-state index is 0.141. The zero-order valence-electron chi connectivity index (χ0n) is 12.5. The molecule has 0 saturated heterocycles. The third-order valence-corrected chi connectivity index (χ3v) is 4.65. The van der Waals surface area contributed by atoms with Crippen molar-refractivity contribution in [2.45, 2.75) is 70.9 Å². The number of aromatic nitrogens is 3. The maximum absolute atomic E-state index is 12.5. The Balaban J connectivity index is 1.89. The van der Waals surface area contributed by atoms with Crippen LogP contribution in [0.4, 0.5) is 0 Å². The van der Waals surface area contributed by atoms with E-state index in [2.05, 4.69) is 21.7 Å². The maximum atomic E-state index is 12.5. The molecule has 0 N–H and O–H groups in total. The van der Waals surface area contributed by atoms with E-state index in [1.807, 2.05) is 11.8 Å². The topological polar surface area (TPSA) is 51.0 Å². The Labute approximate surface area is 120 Å². The molecule has 1 amide bonds. The molecule has 2 heterocycles. The van der Waals surface area contributed by atoms with Crippen LogP contribution in [0.1, 0.15) is 76.0 Å². The molecule has 110 valence electrons. The lowest BCUT2D eigenvalue weighted by atomic mass is 9.88. The van der Waals surface area contributed by atoms with E-state index < -0.39 is 0 Å². The molecule has 20 heavy (non-hydrogen) atoms. The van der Waals surface area contributed by atoms with E-state index in [0.717, 1.165) is 24.6 Å². The van der Waals surface area contributed by atoms with Gasteiger partial charge < -0.3 is 9.47 Å². The van der Waals surface area contributed by atoms with Crippen LogP contribution in [0.25, 0.3) is 0 Å². The Morgan fingerprint density at radius 2 is 1.95 bits per heavy atom. The van der Waals surface area contributed by atoms with Gasteiger partial charge in [0.2, 0.25) is 5.91 Å². The smallest absolute Gasteiger partial charge is 0.245 e. The molecule has 0 bridgehead atoms. The number of hydrogen-bond donors (Lipinski definition) is 0. The molecule has 3 rings (SSSR count). The van der Waals surface area contributed by atoms with Gasteiger partial charge in [0.05, 0.1) is 6.54 Å². The molecular weight excluding hydrogens is 252 g/mol. The van der Waals surface area contributed by atoms with E-state index in [9.17, 15) is 4.79 Å². The van der Waals surface area contributed by atoms with Gasteiger partial charge in [-0.3, -0.25) is 4.79 Å². The minimum atomic E-state index is -0.141. The van der Waals surface area contributed by atoms with Crippen molar-refractivity contribution in [3.8, 4) is 0 Å². The molecule has 1 aromatic heterocycles. The highest BCUT2D eigenvalue weighted by Crippen LogP contribution is 2.34. The van der Waals surface area contributed by atoms with Crippen LogP contribution < -0.4 is 0 Å². The first-order chi connectivity index (χ1) is 9.72. The molecule has 1 aliphatic heterocycles. The summed E-state index contributed by atoms with van der Waals surface area (Å²) in [5, 5.41) is 8.80. The second-order valence-corrected chi connectivity index (χ2v) is 6.12. The summed E-state index contributed by atoms with van der Waals surface area (Å²) >= 11 is 0. The standard InChI is InChI=1S/C15H24N4O/c1-3-9-18-10-13-16-17-14(12-7-5-4-6-8-12)19(13)11(2)15(18)20/h11-12H,3-10H2,1-2H3/t11-/m1/s1. The first kappa shape index (κ1) is 13.6. The molecule has 1 fully saturated rings. The normalized spacial score (nSPS) is 24.0. The van der Waals surface area contributed by atoms with Crippen molar-refractivity contribution in [3.63, 3.8) is 0 Å². The van der Waals surface area contributed by atoms with E-state index in [4.69, 9.17) is 0 Å². The number of amides is 1. The largest absolute Gasteiger partial charge is 0.333 e. The lowest BCUT2D eigenvalue weighted by Gasteiger charge is -2.33. The molecule has 1 aromatic rings. The number of fused-ring (bicyclic) bond motifs is 1. The van der Waals surface area contributed by atoms with Crippen LogP contribution in [0.5, 0.6) is 0 Å². The van der Waals surface area contributed by atoms with E-state index in [-0.39, 0.29) is 11.9 Å². The molecule has 5 nitrogen and oxygen atoms in total. The Morgan fingerprint density at radius 3 is 2.65 bits per heavy atom. The van der Waals surface area contributed by atoms with E-state index in [1.165, 1.54) is 32.1 Å². The van der Waals surface area contributed by atoms with Crippen molar-refractivity contribution in [1.82, 2.24) is 19.7 Å². The monoisotopic (exact) mass is 276 g/mol. The van der Waals surface area contributed by atoms with Crippen molar-refractivity contribution in [1.29, 1.82) is 0 Å². The van der Waals surface area contributed by atoms with E-state index >= 15 is 0 Å². The summed E-state index contributed by atoms with van der Waals surface area (Å²) in [4.78, 5) is 14.4. The van der Waals surface area contributed by atoms with Crippen molar-refractivity contribution >= 4 is 5.91 Å². The first-order valence-corrected chi connectivity index (χ1v) is 7.94. The number of carbonyl (C=O) groups is 1. The highest BCUT2D eigenvalue weighted by molar-refractivity contribution is 5.81. The first-order valence-electron chi connectivity index (χ1n) is 7.94. The number of hydrogen-bond acceptors (Lipinski definition) is 3. The van der Waals surface area contributed by atoms with Crippen molar-refractivity contribution < 1.29 is 4.79 Å². The van der Waals surface area contributed by atoms with Crippen molar-refractivity contribution in [3.05, 3.63) is 11.6 Å². The summed E-state index contributed by atoms with van der Waals surface area (Å²) in [5.41, 5.74) is 0. The van der Waals surface area contributed by atoms with E-state index in [0.29, 0.717) is 12.5 Å². The number of rotatable bonds is 3. The lowest BCUT2D eigenvalue weighted by Crippen LogP contribution is -2.42. The van der Waals surface area contributed by atoms with Crippen LogP contribution in [-0.4, -0.2) is 32.1 Å². The zero-order valence-corrected chi connectivity index (χ0v) is 12.5. The van der Waals surface area contributed by atoms with Crippen LogP contribution in [0.2, 0.25) is 0 Å². The van der Waals surface area contributed by atoms with Crippen molar-refractivity contribution in [2.75, 3.05) is 6.54 Å². The average molecular weight is 276 g/mol. The van der Waals surface area contributed by atoms with Gasteiger partial charge in [0.15, 0.2) is 5.82 Å². The number of nitrogens with zero attached hydrogens (tertiary/aromatic N) is 4. The minimum Gasteiger partial charge on any atom is -0.333 e. The van der Waals surface area contributed by atoms with Gasteiger partial charge in [0.1, 0.15) is 11.9 Å². The Bertz CT molecular complexity index is 490. The summed E-state index contributed by atoms with van der Waals surface area (Å²) in [7, 11) is 0. The van der Waals surface area contributed by atoms with Crippen LogP contribution in [-0.2, 0) is 11.3 Å². The molecule has 2 aliphatic rings. The molecule has 0 spiro atoms. The van der Waals surface area contributed by atoms with Crippen LogP contribution in [0.3, 0.4) is 0 Å². The molecule has 0 unspecified atom stereocenters. The van der Waals surface area contributed by atoms with Crippen molar-refractivity contribution in [2.24, 2.45) is 0 Å². The highest BCUT2D eigenvalue weighted by Gasteiger charge is 2.34. The third kappa shape index (κ3) is 2.23. The Kier molecular flexibility index (Phi) is 3.76. The Morgan fingerprint density at radius 1 is 1.20 bits per heavy atom. The van der Waals surface area contributed by atoms with Gasteiger partial charge in [0.25, 0.3) is 0 Å². The Hall–Kier alpha value is -1.39. The van der Waals surface area contributed by atoms with Gasteiger partial charge in [0, 0.05) is 12.5 Å². The fourth-order valence-electron chi connectivity index (χ4n) is 3.59. The molecule has 0 aromatic carbocycles. The predicted octanol–water partition coefficient (Wildman–Crippen LogP) is 2.64. The summed E-state index contributed by atoms with van der Waals surface area (Å²) in [6.45, 7) is 5.53. The molecule has 5 heteroatoms. The third-order valence-electron chi connectivity index (χ3n) is 4.65. The number of carbonyl (C=O) groups excluding carboxylic acids is 1. The van der Waals surface area contributed by atoms with Gasteiger partial charge in [-0.15, -0.1) is 10.2 Å². The highest BCUT2D eigenvalue weighted by atomic mass is 16.2. The second kappa shape index (κ2) is 5.54. The lowest BCUT2D eigenvalue weighted by molar-refractivity contribution is -0.137. The fourth-order valence-corrected chi connectivity index (χ4v) is 3.59. The summed E-state index contributed by atoms with van der Waals surface area (Å²) in [5.74, 6) is 2.73. The van der Waals surface area contributed by atoms with Gasteiger partial charge in [-0.05, 0) is 26.2 Å². The summed E-state index contributed by atoms with van der Waals surface area (Å²) < 4.78 is 2.12. The van der Waals surface area contributed by atoms with Gasteiger partial charge in [-0.25, -0.2) is 0 Å². The fraction of sp³-hybridized carbons (Fsp3) is 0.800. The van der Waals surface area contributed by atoms with E-state index in [1.54, 1.807) is 0 Å². The summed E-state index contributed by atoms with van der Waals surface area (Å²) in [6.07, 6.45) is 7.25. The molecule has 1 aliphatic carbocycles. The molecule has 1 atom stereocenters. The second-order valence-electron chi connectivity index (χ2n) is 6.12. The summed E-state index contributed by atoms with van der Waals surface area (Å²) in [6, 6.07) is -0.141. The zero-order chi connectivity index (χ0) is 14.1. The van der Waals surface area contributed by atoms with Crippen LogP contribution in [0.15, 0.2) is 0 Å². The SMILES string of the molecule is CCCN1Cc2nnc(C3CCCCC3)n2[C@H](C)C1=O. The van der Waals surface area contributed by atoms with Crippen LogP contribution >= 0.6 is 0 Å².